The number of rotatable bonds is 4. The molecule has 2 heterocycles. The van der Waals surface area contributed by atoms with E-state index in [1.807, 2.05) is 11.4 Å². The Balaban J connectivity index is 1.90. The highest BCUT2D eigenvalue weighted by molar-refractivity contribution is 9.11. The molecule has 2 aromatic rings. The van der Waals surface area contributed by atoms with Crippen LogP contribution in [0.25, 0.3) is 0 Å². The molecule has 7 heteroatoms. The summed E-state index contributed by atoms with van der Waals surface area (Å²) in [6.45, 7) is 0.438. The van der Waals surface area contributed by atoms with E-state index in [1.54, 1.807) is 17.4 Å². The fraction of sp³-hybridized carbons (Fsp3) is 0.182. The highest BCUT2D eigenvalue weighted by Crippen LogP contribution is 2.20. The Morgan fingerprint density at radius 1 is 1.56 bits per heavy atom. The molecule has 0 saturated heterocycles. The summed E-state index contributed by atoms with van der Waals surface area (Å²) < 4.78 is 2.29. The maximum atomic E-state index is 11.6. The second kappa shape index (κ2) is 5.92. The Labute approximate surface area is 116 Å². The van der Waals surface area contributed by atoms with Gasteiger partial charge in [0.05, 0.1) is 3.79 Å². The van der Waals surface area contributed by atoms with Crippen molar-refractivity contribution in [3.63, 3.8) is 0 Å². The van der Waals surface area contributed by atoms with Crippen LogP contribution in [0.15, 0.2) is 38.5 Å². The van der Waals surface area contributed by atoms with Gasteiger partial charge in [0, 0.05) is 18.9 Å². The van der Waals surface area contributed by atoms with Gasteiger partial charge in [-0.2, -0.15) is 0 Å². The monoisotopic (exact) mass is 327 g/mol. The lowest BCUT2D eigenvalue weighted by atomic mass is 10.3. The van der Waals surface area contributed by atoms with Crippen molar-refractivity contribution >= 4 is 33.2 Å². The summed E-state index contributed by atoms with van der Waals surface area (Å²) in [4.78, 5) is 26.5. The van der Waals surface area contributed by atoms with Crippen LogP contribution < -0.4 is 11.0 Å². The molecule has 0 fully saturated rings. The van der Waals surface area contributed by atoms with Gasteiger partial charge in [0.2, 0.25) is 5.91 Å². The second-order valence-electron chi connectivity index (χ2n) is 3.57. The number of amides is 1. The van der Waals surface area contributed by atoms with E-state index >= 15 is 0 Å². The molecule has 5 nitrogen and oxygen atoms in total. The average Bonchev–Trinajstić information content (AvgIpc) is 2.76. The van der Waals surface area contributed by atoms with Crippen LogP contribution in [0.5, 0.6) is 0 Å². The second-order valence-corrected chi connectivity index (χ2v) is 5.86. The number of nitrogens with one attached hydrogen (secondary N) is 1. The van der Waals surface area contributed by atoms with E-state index in [-0.39, 0.29) is 12.5 Å². The zero-order valence-electron chi connectivity index (χ0n) is 9.30. The van der Waals surface area contributed by atoms with E-state index < -0.39 is 5.69 Å². The molecule has 0 aliphatic carbocycles. The van der Waals surface area contributed by atoms with E-state index in [2.05, 4.69) is 26.2 Å². The summed E-state index contributed by atoms with van der Waals surface area (Å²) in [6, 6.07) is 3.56. The van der Waals surface area contributed by atoms with Crippen LogP contribution in [-0.4, -0.2) is 15.5 Å². The van der Waals surface area contributed by atoms with Crippen molar-refractivity contribution in [2.45, 2.75) is 13.1 Å². The quantitative estimate of drug-likeness (QED) is 0.922. The van der Waals surface area contributed by atoms with Crippen molar-refractivity contribution in [1.82, 2.24) is 14.9 Å². The van der Waals surface area contributed by atoms with Gasteiger partial charge in [0.15, 0.2) is 0 Å². The fourth-order valence-corrected chi connectivity index (χ4v) is 2.57. The third-order valence-electron chi connectivity index (χ3n) is 2.21. The van der Waals surface area contributed by atoms with Gasteiger partial charge < -0.3 is 5.32 Å². The molecule has 0 aliphatic rings. The predicted octanol–water partition coefficient (Wildman–Crippen LogP) is 1.38. The summed E-state index contributed by atoms with van der Waals surface area (Å²) in [7, 11) is 0. The van der Waals surface area contributed by atoms with Gasteiger partial charge in [-0.3, -0.25) is 9.36 Å². The van der Waals surface area contributed by atoms with E-state index in [4.69, 9.17) is 0 Å². The number of carbonyl (C=O) groups excluding carboxylic acids is 1. The molecule has 0 spiro atoms. The summed E-state index contributed by atoms with van der Waals surface area (Å²) in [5, 5.41) is 4.71. The standard InChI is InChI=1S/C11H10BrN3O2S/c12-9-4-8(7-18-9)5-14-10(16)6-15-3-1-2-13-11(15)17/h1-4,7H,5-6H2,(H,14,16). The number of carbonyl (C=O) groups is 1. The third kappa shape index (κ3) is 3.51. The Hall–Kier alpha value is -1.47. The van der Waals surface area contributed by atoms with Crippen LogP contribution in [0.2, 0.25) is 0 Å². The molecule has 1 amide bonds. The first-order valence-corrected chi connectivity index (χ1v) is 6.83. The van der Waals surface area contributed by atoms with Crippen LogP contribution in [-0.2, 0) is 17.9 Å². The van der Waals surface area contributed by atoms with Crippen LogP contribution in [0, 0.1) is 0 Å². The predicted molar refractivity (Wildman–Crippen MR) is 72.4 cm³/mol. The molecular formula is C11H10BrN3O2S. The van der Waals surface area contributed by atoms with Gasteiger partial charge >= 0.3 is 5.69 Å². The zero-order chi connectivity index (χ0) is 13.0. The molecular weight excluding hydrogens is 318 g/mol. The van der Waals surface area contributed by atoms with Crippen molar-refractivity contribution in [2.24, 2.45) is 0 Å². The highest BCUT2D eigenvalue weighted by atomic mass is 79.9. The number of halogens is 1. The minimum Gasteiger partial charge on any atom is -0.350 e. The van der Waals surface area contributed by atoms with E-state index in [9.17, 15) is 9.59 Å². The number of hydrogen-bond acceptors (Lipinski definition) is 4. The fourth-order valence-electron chi connectivity index (χ4n) is 1.36. The normalized spacial score (nSPS) is 10.3. The molecule has 1 N–H and O–H groups in total. The molecule has 0 saturated carbocycles. The SMILES string of the molecule is O=C(Cn1cccnc1=O)NCc1csc(Br)c1. The van der Waals surface area contributed by atoms with Crippen molar-refractivity contribution < 1.29 is 4.79 Å². The van der Waals surface area contributed by atoms with Crippen molar-refractivity contribution in [1.29, 1.82) is 0 Å². The summed E-state index contributed by atoms with van der Waals surface area (Å²) in [6.07, 6.45) is 2.94. The molecule has 0 atom stereocenters. The maximum absolute atomic E-state index is 11.6. The first kappa shape index (κ1) is 13.0. The first-order chi connectivity index (χ1) is 8.65. The number of nitrogens with zero attached hydrogens (tertiary/aromatic N) is 2. The first-order valence-electron chi connectivity index (χ1n) is 5.16. The molecule has 0 radical (unpaired) electrons. The van der Waals surface area contributed by atoms with Gasteiger partial charge in [0.25, 0.3) is 0 Å². The summed E-state index contributed by atoms with van der Waals surface area (Å²) in [5.74, 6) is -0.215. The minimum atomic E-state index is -0.425. The summed E-state index contributed by atoms with van der Waals surface area (Å²) >= 11 is 4.92. The molecule has 94 valence electrons. The van der Waals surface area contributed by atoms with Gasteiger partial charge in [-0.15, -0.1) is 11.3 Å². The lowest BCUT2D eigenvalue weighted by Crippen LogP contribution is -2.32. The van der Waals surface area contributed by atoms with E-state index in [1.165, 1.54) is 17.0 Å². The topological polar surface area (TPSA) is 64.0 Å². The number of hydrogen-bond donors (Lipinski definition) is 1. The molecule has 0 aliphatic heterocycles. The van der Waals surface area contributed by atoms with Gasteiger partial charge in [0.1, 0.15) is 6.54 Å². The maximum Gasteiger partial charge on any atom is 0.347 e. The largest absolute Gasteiger partial charge is 0.350 e. The average molecular weight is 328 g/mol. The van der Waals surface area contributed by atoms with Crippen LogP contribution in [0.1, 0.15) is 5.56 Å². The van der Waals surface area contributed by atoms with Crippen molar-refractivity contribution in [3.8, 4) is 0 Å². The van der Waals surface area contributed by atoms with E-state index in [0.29, 0.717) is 6.54 Å². The molecule has 2 rings (SSSR count). The highest BCUT2D eigenvalue weighted by Gasteiger charge is 2.05. The van der Waals surface area contributed by atoms with E-state index in [0.717, 1.165) is 9.35 Å². The lowest BCUT2D eigenvalue weighted by molar-refractivity contribution is -0.121. The Bertz CT molecular complexity index is 608. The van der Waals surface area contributed by atoms with Gasteiger partial charge in [-0.1, -0.05) is 0 Å². The smallest absolute Gasteiger partial charge is 0.347 e. The number of thiophene rings is 1. The van der Waals surface area contributed by atoms with Gasteiger partial charge in [-0.25, -0.2) is 9.78 Å². The molecule has 2 aromatic heterocycles. The van der Waals surface area contributed by atoms with Crippen LogP contribution in [0.4, 0.5) is 0 Å². The van der Waals surface area contributed by atoms with Crippen LogP contribution in [0.3, 0.4) is 0 Å². The molecule has 0 unspecified atom stereocenters. The van der Waals surface area contributed by atoms with Gasteiger partial charge in [-0.05, 0) is 39.0 Å². The van der Waals surface area contributed by atoms with Crippen molar-refractivity contribution in [3.05, 3.63) is 49.7 Å². The third-order valence-corrected chi connectivity index (χ3v) is 3.76. The molecule has 18 heavy (non-hydrogen) atoms. The summed E-state index contributed by atoms with van der Waals surface area (Å²) in [5.41, 5.74) is 0.602. The minimum absolute atomic E-state index is 0.0159. The molecule has 0 bridgehead atoms. The number of aromatic nitrogens is 2. The Morgan fingerprint density at radius 3 is 3.06 bits per heavy atom. The Kier molecular flexibility index (Phi) is 4.27. The zero-order valence-corrected chi connectivity index (χ0v) is 11.7. The van der Waals surface area contributed by atoms with Crippen LogP contribution >= 0.6 is 27.3 Å². The van der Waals surface area contributed by atoms with Crippen molar-refractivity contribution in [2.75, 3.05) is 0 Å². The molecule has 0 aromatic carbocycles. The lowest BCUT2D eigenvalue weighted by Gasteiger charge is -2.05. The Morgan fingerprint density at radius 2 is 2.39 bits per heavy atom.